The van der Waals surface area contributed by atoms with Crippen molar-refractivity contribution in [3.63, 3.8) is 0 Å². The van der Waals surface area contributed by atoms with E-state index in [2.05, 4.69) is 15.2 Å². The second kappa shape index (κ2) is 3.55. The van der Waals surface area contributed by atoms with Gasteiger partial charge < -0.3 is 10.2 Å². The third-order valence-electron chi connectivity index (χ3n) is 1.85. The number of pyridine rings is 1. The highest BCUT2D eigenvalue weighted by Gasteiger charge is 2.14. The normalized spacial score (nSPS) is 12.7. The van der Waals surface area contributed by atoms with Crippen molar-refractivity contribution in [3.05, 3.63) is 41.9 Å². The first-order chi connectivity index (χ1) is 6.77. The van der Waals surface area contributed by atoms with E-state index in [-0.39, 0.29) is 0 Å². The molecule has 1 unspecified atom stereocenters. The molecule has 14 heavy (non-hydrogen) atoms. The first kappa shape index (κ1) is 8.83. The van der Waals surface area contributed by atoms with E-state index in [0.717, 1.165) is 5.56 Å². The molecule has 0 fully saturated rings. The number of aromatic nitrogens is 3. The first-order valence-corrected chi connectivity index (χ1v) is 4.23. The summed E-state index contributed by atoms with van der Waals surface area (Å²) in [6.45, 7) is 1.73. The van der Waals surface area contributed by atoms with Crippen LogP contribution in [0.15, 0.2) is 28.9 Å². The topological polar surface area (TPSA) is 77.8 Å². The lowest BCUT2D eigenvalue weighted by Crippen LogP contribution is -2.12. The summed E-state index contributed by atoms with van der Waals surface area (Å²) in [6.07, 6.45) is 3.37. The van der Waals surface area contributed by atoms with E-state index >= 15 is 0 Å². The summed E-state index contributed by atoms with van der Waals surface area (Å²) in [5, 5.41) is 7.57. The minimum Gasteiger partial charge on any atom is -0.424 e. The lowest BCUT2D eigenvalue weighted by atomic mass is 10.1. The van der Waals surface area contributed by atoms with E-state index in [1.165, 1.54) is 0 Å². The predicted octanol–water partition coefficient (Wildman–Crippen LogP) is 0.821. The monoisotopic (exact) mass is 190 g/mol. The van der Waals surface area contributed by atoms with Crippen LogP contribution in [0.5, 0.6) is 0 Å². The molecule has 5 heteroatoms. The zero-order valence-corrected chi connectivity index (χ0v) is 7.71. The summed E-state index contributed by atoms with van der Waals surface area (Å²) in [7, 11) is 0. The molecule has 0 aromatic carbocycles. The van der Waals surface area contributed by atoms with Gasteiger partial charge in [0.15, 0.2) is 0 Å². The average molecular weight is 190 g/mol. The molecule has 0 saturated heterocycles. The number of hydrogen-bond donors (Lipinski definition) is 1. The quantitative estimate of drug-likeness (QED) is 0.758. The summed E-state index contributed by atoms with van der Waals surface area (Å²) in [5.41, 5.74) is 6.75. The molecule has 0 aliphatic carbocycles. The van der Waals surface area contributed by atoms with Gasteiger partial charge in [-0.15, -0.1) is 10.2 Å². The van der Waals surface area contributed by atoms with Gasteiger partial charge in [-0.2, -0.15) is 0 Å². The van der Waals surface area contributed by atoms with E-state index in [4.69, 9.17) is 10.2 Å². The summed E-state index contributed by atoms with van der Waals surface area (Å²) in [4.78, 5) is 3.97. The van der Waals surface area contributed by atoms with Crippen LogP contribution < -0.4 is 5.73 Å². The zero-order valence-electron chi connectivity index (χ0n) is 7.71. The highest BCUT2D eigenvalue weighted by molar-refractivity contribution is 5.18. The van der Waals surface area contributed by atoms with Crippen molar-refractivity contribution in [2.24, 2.45) is 5.73 Å². The highest BCUT2D eigenvalue weighted by atomic mass is 16.4. The van der Waals surface area contributed by atoms with Gasteiger partial charge in [0.2, 0.25) is 11.8 Å². The smallest absolute Gasteiger partial charge is 0.237 e. The number of hydrogen-bond acceptors (Lipinski definition) is 5. The molecule has 0 saturated carbocycles. The van der Waals surface area contributed by atoms with Crippen LogP contribution in [0.3, 0.4) is 0 Å². The van der Waals surface area contributed by atoms with Crippen molar-refractivity contribution in [1.29, 1.82) is 0 Å². The third kappa shape index (κ3) is 1.62. The Morgan fingerprint density at radius 2 is 2.29 bits per heavy atom. The Labute approximate surface area is 81.0 Å². The molecule has 0 bridgehead atoms. The predicted molar refractivity (Wildman–Crippen MR) is 49.3 cm³/mol. The summed E-state index contributed by atoms with van der Waals surface area (Å²) in [6, 6.07) is 3.29. The molecule has 2 aromatic heterocycles. The minimum atomic E-state index is -0.398. The lowest BCUT2D eigenvalue weighted by molar-refractivity contribution is 0.450. The number of rotatable bonds is 2. The molecule has 0 spiro atoms. The van der Waals surface area contributed by atoms with E-state index in [0.29, 0.717) is 11.8 Å². The van der Waals surface area contributed by atoms with E-state index < -0.39 is 6.04 Å². The van der Waals surface area contributed by atoms with Gasteiger partial charge in [0.25, 0.3) is 0 Å². The summed E-state index contributed by atoms with van der Waals surface area (Å²) in [5.74, 6) is 0.926. The summed E-state index contributed by atoms with van der Waals surface area (Å²) >= 11 is 0. The number of nitrogens with two attached hydrogens (primary N) is 1. The fourth-order valence-electron chi connectivity index (χ4n) is 1.14. The Morgan fingerprint density at radius 3 is 2.86 bits per heavy atom. The van der Waals surface area contributed by atoms with Gasteiger partial charge in [-0.25, -0.2) is 0 Å². The average Bonchev–Trinajstić information content (AvgIpc) is 2.65. The molecule has 0 radical (unpaired) electrons. The van der Waals surface area contributed by atoms with Crippen LogP contribution in [0.4, 0.5) is 0 Å². The zero-order chi connectivity index (χ0) is 9.97. The van der Waals surface area contributed by atoms with Gasteiger partial charge in [-0.3, -0.25) is 4.98 Å². The lowest BCUT2D eigenvalue weighted by Gasteiger charge is -2.05. The Bertz CT molecular complexity index is 412. The molecule has 0 amide bonds. The standard InChI is InChI=1S/C9H10N4O/c1-6-12-13-9(14-6)8(10)7-3-2-4-11-5-7/h2-5,8H,10H2,1H3. The third-order valence-corrected chi connectivity index (χ3v) is 1.85. The Balaban J connectivity index is 2.29. The molecule has 2 rings (SSSR count). The van der Waals surface area contributed by atoms with Crippen LogP contribution in [0.25, 0.3) is 0 Å². The molecular weight excluding hydrogens is 180 g/mol. The molecule has 0 aliphatic heterocycles. The maximum absolute atomic E-state index is 5.89. The largest absolute Gasteiger partial charge is 0.424 e. The molecule has 0 aliphatic rings. The van der Waals surface area contributed by atoms with Gasteiger partial charge >= 0.3 is 0 Å². The van der Waals surface area contributed by atoms with Gasteiger partial charge in [-0.05, 0) is 11.6 Å². The number of aryl methyl sites for hydroxylation is 1. The van der Waals surface area contributed by atoms with Crippen molar-refractivity contribution in [3.8, 4) is 0 Å². The van der Waals surface area contributed by atoms with Crippen LogP contribution in [0.2, 0.25) is 0 Å². The van der Waals surface area contributed by atoms with Gasteiger partial charge in [0, 0.05) is 19.3 Å². The molecule has 2 aromatic rings. The van der Waals surface area contributed by atoms with Crippen LogP contribution in [0, 0.1) is 6.92 Å². The van der Waals surface area contributed by atoms with Crippen molar-refractivity contribution < 1.29 is 4.42 Å². The van der Waals surface area contributed by atoms with Crippen LogP contribution in [-0.4, -0.2) is 15.2 Å². The first-order valence-electron chi connectivity index (χ1n) is 4.23. The van der Waals surface area contributed by atoms with Crippen LogP contribution >= 0.6 is 0 Å². The second-order valence-corrected chi connectivity index (χ2v) is 2.92. The molecule has 2 N–H and O–H groups in total. The van der Waals surface area contributed by atoms with E-state index in [9.17, 15) is 0 Å². The Hall–Kier alpha value is -1.75. The fourth-order valence-corrected chi connectivity index (χ4v) is 1.14. The Kier molecular flexibility index (Phi) is 2.24. The van der Waals surface area contributed by atoms with Crippen molar-refractivity contribution >= 4 is 0 Å². The molecule has 2 heterocycles. The fraction of sp³-hybridized carbons (Fsp3) is 0.222. The van der Waals surface area contributed by atoms with E-state index in [1.54, 1.807) is 19.3 Å². The van der Waals surface area contributed by atoms with Crippen LogP contribution in [-0.2, 0) is 0 Å². The van der Waals surface area contributed by atoms with Crippen LogP contribution in [0.1, 0.15) is 23.4 Å². The maximum atomic E-state index is 5.89. The van der Waals surface area contributed by atoms with Gasteiger partial charge in [0.05, 0.1) is 0 Å². The van der Waals surface area contributed by atoms with Crippen molar-refractivity contribution in [2.75, 3.05) is 0 Å². The van der Waals surface area contributed by atoms with Crippen molar-refractivity contribution in [2.45, 2.75) is 13.0 Å². The SMILES string of the molecule is Cc1nnc(C(N)c2cccnc2)o1. The molecule has 5 nitrogen and oxygen atoms in total. The molecule has 1 atom stereocenters. The van der Waals surface area contributed by atoms with Gasteiger partial charge in [0.1, 0.15) is 6.04 Å². The second-order valence-electron chi connectivity index (χ2n) is 2.92. The number of nitrogens with zero attached hydrogens (tertiary/aromatic N) is 3. The maximum Gasteiger partial charge on any atom is 0.237 e. The highest BCUT2D eigenvalue weighted by Crippen LogP contribution is 2.16. The summed E-state index contributed by atoms with van der Waals surface area (Å²) < 4.78 is 5.22. The van der Waals surface area contributed by atoms with Gasteiger partial charge in [-0.1, -0.05) is 6.07 Å². The minimum absolute atomic E-state index is 0.398. The van der Waals surface area contributed by atoms with Crippen molar-refractivity contribution in [1.82, 2.24) is 15.2 Å². The van der Waals surface area contributed by atoms with E-state index in [1.807, 2.05) is 12.1 Å². The molecular formula is C9H10N4O. The molecule has 72 valence electrons. The Morgan fingerprint density at radius 1 is 1.43 bits per heavy atom.